The van der Waals surface area contributed by atoms with Gasteiger partial charge in [-0.15, -0.1) is 0 Å². The largest absolute Gasteiger partial charge is 0.481 e. The van der Waals surface area contributed by atoms with Gasteiger partial charge in [-0.05, 0) is 37.5 Å². The lowest BCUT2D eigenvalue weighted by atomic mass is 9.99. The minimum atomic E-state index is -0.878. The van der Waals surface area contributed by atoms with Crippen molar-refractivity contribution in [2.24, 2.45) is 0 Å². The molecule has 0 fully saturated rings. The first-order valence-electron chi connectivity index (χ1n) is 5.43. The summed E-state index contributed by atoms with van der Waals surface area (Å²) in [6, 6.07) is 3.53. The Kier molecular flexibility index (Phi) is 4.70. The van der Waals surface area contributed by atoms with Crippen LogP contribution in [-0.4, -0.2) is 16.9 Å². The van der Waals surface area contributed by atoms with Crippen LogP contribution in [0, 0.1) is 13.8 Å². The van der Waals surface area contributed by atoms with E-state index in [-0.39, 0.29) is 18.6 Å². The van der Waals surface area contributed by atoms with Crippen LogP contribution in [0.4, 0.5) is 0 Å². The molecule has 92 valence electrons. The van der Waals surface area contributed by atoms with E-state index in [0.29, 0.717) is 17.0 Å². The van der Waals surface area contributed by atoms with Crippen LogP contribution in [0.5, 0.6) is 0 Å². The van der Waals surface area contributed by atoms with Crippen molar-refractivity contribution in [3.63, 3.8) is 0 Å². The van der Waals surface area contributed by atoms with Gasteiger partial charge in [0.05, 0.1) is 0 Å². The van der Waals surface area contributed by atoms with Crippen LogP contribution in [0.2, 0.25) is 5.02 Å². The molecule has 0 aromatic heterocycles. The SMILES string of the molecule is Cc1cc(C)c(C(=O)CCCC(=O)O)cc1Cl. The smallest absolute Gasteiger partial charge is 0.303 e. The van der Waals surface area contributed by atoms with Gasteiger partial charge in [-0.2, -0.15) is 0 Å². The highest BCUT2D eigenvalue weighted by atomic mass is 35.5. The van der Waals surface area contributed by atoms with Crippen molar-refractivity contribution < 1.29 is 14.7 Å². The lowest BCUT2D eigenvalue weighted by Crippen LogP contribution is -2.04. The molecule has 0 bridgehead atoms. The van der Waals surface area contributed by atoms with E-state index in [9.17, 15) is 9.59 Å². The average Bonchev–Trinajstić information content (AvgIpc) is 2.22. The molecule has 1 aromatic rings. The van der Waals surface area contributed by atoms with Crippen LogP contribution >= 0.6 is 11.6 Å². The summed E-state index contributed by atoms with van der Waals surface area (Å²) in [4.78, 5) is 22.2. The van der Waals surface area contributed by atoms with Gasteiger partial charge in [0.15, 0.2) is 5.78 Å². The van der Waals surface area contributed by atoms with Crippen molar-refractivity contribution >= 4 is 23.4 Å². The molecule has 0 heterocycles. The first kappa shape index (κ1) is 13.7. The maximum absolute atomic E-state index is 11.9. The summed E-state index contributed by atoms with van der Waals surface area (Å²) < 4.78 is 0. The van der Waals surface area contributed by atoms with E-state index in [1.54, 1.807) is 6.07 Å². The van der Waals surface area contributed by atoms with Crippen molar-refractivity contribution in [1.82, 2.24) is 0 Å². The van der Waals surface area contributed by atoms with Crippen molar-refractivity contribution in [3.05, 3.63) is 33.8 Å². The number of ketones is 1. The molecule has 1 rings (SSSR count). The predicted octanol–water partition coefficient (Wildman–Crippen LogP) is 3.39. The second-order valence-electron chi connectivity index (χ2n) is 4.09. The highest BCUT2D eigenvalue weighted by molar-refractivity contribution is 6.31. The summed E-state index contributed by atoms with van der Waals surface area (Å²) in [7, 11) is 0. The second-order valence-corrected chi connectivity index (χ2v) is 4.49. The van der Waals surface area contributed by atoms with Gasteiger partial charge in [0.2, 0.25) is 0 Å². The second kappa shape index (κ2) is 5.82. The van der Waals surface area contributed by atoms with Gasteiger partial charge in [0, 0.05) is 23.4 Å². The minimum Gasteiger partial charge on any atom is -0.481 e. The summed E-state index contributed by atoms with van der Waals surface area (Å²) in [5.41, 5.74) is 2.41. The zero-order chi connectivity index (χ0) is 13.0. The minimum absolute atomic E-state index is 0.0182. The van der Waals surface area contributed by atoms with Gasteiger partial charge in [-0.3, -0.25) is 9.59 Å². The molecule has 17 heavy (non-hydrogen) atoms. The molecule has 1 aromatic carbocycles. The summed E-state index contributed by atoms with van der Waals surface area (Å²) in [5.74, 6) is -0.929. The number of carboxylic acids is 1. The third-order valence-corrected chi connectivity index (χ3v) is 3.01. The lowest BCUT2D eigenvalue weighted by molar-refractivity contribution is -0.137. The van der Waals surface area contributed by atoms with Crippen LogP contribution in [0.25, 0.3) is 0 Å². The molecule has 0 saturated heterocycles. The molecule has 0 atom stereocenters. The molecule has 1 N–H and O–H groups in total. The Bertz CT molecular complexity index is 452. The van der Waals surface area contributed by atoms with Gasteiger partial charge in [0.25, 0.3) is 0 Å². The molecule has 0 unspecified atom stereocenters. The summed E-state index contributed by atoms with van der Waals surface area (Å²) in [6.07, 6.45) is 0.621. The molecular weight excluding hydrogens is 240 g/mol. The highest BCUT2D eigenvalue weighted by Crippen LogP contribution is 2.22. The normalized spacial score (nSPS) is 10.3. The predicted molar refractivity (Wildman–Crippen MR) is 66.7 cm³/mol. The van der Waals surface area contributed by atoms with Crippen LogP contribution in [0.15, 0.2) is 12.1 Å². The third kappa shape index (κ3) is 3.86. The van der Waals surface area contributed by atoms with E-state index >= 15 is 0 Å². The molecule has 0 radical (unpaired) electrons. The molecular formula is C13H15ClO3. The van der Waals surface area contributed by atoms with E-state index in [1.165, 1.54) is 0 Å². The summed E-state index contributed by atoms with van der Waals surface area (Å²) in [5, 5.41) is 9.07. The lowest BCUT2D eigenvalue weighted by Gasteiger charge is -2.07. The van der Waals surface area contributed by atoms with E-state index in [2.05, 4.69) is 0 Å². The Balaban J connectivity index is 2.75. The Morgan fingerprint density at radius 1 is 1.18 bits per heavy atom. The fourth-order valence-electron chi connectivity index (χ4n) is 1.66. The van der Waals surface area contributed by atoms with E-state index in [1.807, 2.05) is 19.9 Å². The Morgan fingerprint density at radius 2 is 1.82 bits per heavy atom. The maximum atomic E-state index is 11.9. The van der Waals surface area contributed by atoms with Crippen LogP contribution in [-0.2, 0) is 4.79 Å². The number of rotatable bonds is 5. The summed E-state index contributed by atoms with van der Waals surface area (Å²) >= 11 is 5.97. The van der Waals surface area contributed by atoms with Crippen LogP contribution in [0.3, 0.4) is 0 Å². The summed E-state index contributed by atoms with van der Waals surface area (Å²) in [6.45, 7) is 3.74. The molecule has 0 aliphatic carbocycles. The van der Waals surface area contributed by atoms with Crippen molar-refractivity contribution in [2.75, 3.05) is 0 Å². The fraction of sp³-hybridized carbons (Fsp3) is 0.385. The van der Waals surface area contributed by atoms with Gasteiger partial charge in [0.1, 0.15) is 0 Å². The first-order chi connectivity index (χ1) is 7.91. The van der Waals surface area contributed by atoms with Crippen LogP contribution in [0.1, 0.15) is 40.7 Å². The van der Waals surface area contributed by atoms with E-state index in [0.717, 1.165) is 11.1 Å². The highest BCUT2D eigenvalue weighted by Gasteiger charge is 2.11. The topological polar surface area (TPSA) is 54.4 Å². The molecule has 0 spiro atoms. The standard InChI is InChI=1S/C13H15ClO3/c1-8-6-9(2)11(14)7-10(8)12(15)4-3-5-13(16)17/h6-7H,3-5H2,1-2H3,(H,16,17). The molecule has 4 heteroatoms. The molecule has 0 aliphatic heterocycles. The van der Waals surface area contributed by atoms with Gasteiger partial charge in [-0.25, -0.2) is 0 Å². The number of hydrogen-bond donors (Lipinski definition) is 1. The van der Waals surface area contributed by atoms with E-state index in [4.69, 9.17) is 16.7 Å². The van der Waals surface area contributed by atoms with Crippen LogP contribution < -0.4 is 0 Å². The zero-order valence-electron chi connectivity index (χ0n) is 9.92. The number of benzene rings is 1. The number of hydrogen-bond acceptors (Lipinski definition) is 2. The average molecular weight is 255 g/mol. The van der Waals surface area contributed by atoms with Gasteiger partial charge < -0.3 is 5.11 Å². The monoisotopic (exact) mass is 254 g/mol. The number of halogens is 1. The Morgan fingerprint density at radius 3 is 2.41 bits per heavy atom. The quantitative estimate of drug-likeness (QED) is 0.820. The number of carbonyl (C=O) groups excluding carboxylic acids is 1. The number of carbonyl (C=O) groups is 2. The number of aliphatic carboxylic acids is 1. The third-order valence-electron chi connectivity index (χ3n) is 2.60. The number of Topliss-reactive ketones (excluding diaryl/α,β-unsaturated/α-hetero) is 1. The molecule has 0 saturated carbocycles. The zero-order valence-corrected chi connectivity index (χ0v) is 10.7. The molecule has 3 nitrogen and oxygen atoms in total. The van der Waals surface area contributed by atoms with Crippen molar-refractivity contribution in [3.8, 4) is 0 Å². The van der Waals surface area contributed by atoms with Gasteiger partial charge >= 0.3 is 5.97 Å². The Labute approximate surface area is 105 Å². The maximum Gasteiger partial charge on any atom is 0.303 e. The number of carboxylic acid groups (broad SMARTS) is 1. The van der Waals surface area contributed by atoms with E-state index < -0.39 is 5.97 Å². The first-order valence-corrected chi connectivity index (χ1v) is 5.81. The molecule has 0 aliphatic rings. The fourth-order valence-corrected chi connectivity index (χ4v) is 1.82. The molecule has 0 amide bonds. The van der Waals surface area contributed by atoms with Crippen molar-refractivity contribution in [2.45, 2.75) is 33.1 Å². The van der Waals surface area contributed by atoms with Gasteiger partial charge in [-0.1, -0.05) is 17.7 Å². The van der Waals surface area contributed by atoms with Crippen molar-refractivity contribution in [1.29, 1.82) is 0 Å². The number of aryl methyl sites for hydroxylation is 2. The Hall–Kier alpha value is -1.35.